The number of carboxylic acid groups (broad SMARTS) is 1. The predicted molar refractivity (Wildman–Crippen MR) is 381 cm³/mol. The molecule has 26 heteroatoms. The number of amides is 6. The lowest BCUT2D eigenvalue weighted by atomic mass is 9.98. The van der Waals surface area contributed by atoms with E-state index in [4.69, 9.17) is 38.0 Å². The van der Waals surface area contributed by atoms with Gasteiger partial charge in [0.1, 0.15) is 36.3 Å². The van der Waals surface area contributed by atoms with Crippen molar-refractivity contribution in [3.8, 4) is 0 Å². The summed E-state index contributed by atoms with van der Waals surface area (Å²) < 4.78 is 19.3. The number of carboxylic acids is 1. The van der Waals surface area contributed by atoms with E-state index in [9.17, 15) is 43.8 Å². The number of benzene rings is 2. The van der Waals surface area contributed by atoms with Crippen LogP contribution in [0, 0.1) is 17.8 Å². The van der Waals surface area contributed by atoms with Gasteiger partial charge in [0.05, 0.1) is 47.3 Å². The highest BCUT2D eigenvalue weighted by molar-refractivity contribution is 7.80. The van der Waals surface area contributed by atoms with Gasteiger partial charge in [-0.1, -0.05) is 161 Å². The number of aliphatic hydroxyl groups is 1. The molecule has 6 amide bonds. The Hall–Kier alpha value is -5.75. The molecule has 0 saturated carbocycles. The van der Waals surface area contributed by atoms with E-state index in [1.165, 1.54) is 49.6 Å². The van der Waals surface area contributed by atoms with E-state index >= 15 is 4.79 Å². The first-order valence-corrected chi connectivity index (χ1v) is 39.6. The monoisotopic (exact) mass is 1380 g/mol. The van der Waals surface area contributed by atoms with Gasteiger partial charge in [-0.15, -0.1) is 0 Å². The highest BCUT2D eigenvalue weighted by atomic mass is 32.1. The molecule has 3 rings (SSSR count). The Bertz CT molecular complexity index is 2880. The summed E-state index contributed by atoms with van der Waals surface area (Å²) in [6.07, 6.45) is -1.24. The van der Waals surface area contributed by atoms with Crippen LogP contribution in [0.1, 0.15) is 134 Å². The van der Waals surface area contributed by atoms with Gasteiger partial charge in [0.25, 0.3) is 5.91 Å². The molecule has 0 radical (unpaired) electrons. The lowest BCUT2D eigenvalue weighted by Crippen LogP contribution is -2.62. The summed E-state index contributed by atoms with van der Waals surface area (Å²) in [4.78, 5) is 118. The molecule has 0 aliphatic carbocycles. The van der Waals surface area contributed by atoms with Gasteiger partial charge in [0.15, 0.2) is 22.7 Å². The zero-order valence-corrected chi connectivity index (χ0v) is 63.4. The van der Waals surface area contributed by atoms with Crippen molar-refractivity contribution in [1.82, 2.24) is 46.6 Å². The third-order valence-corrected chi connectivity index (χ3v) is 28.5. The number of carbonyl (C=O) groups excluding carboxylic acids is 7. The number of hydrogen-bond acceptors (Lipinski definition) is 15. The minimum atomic E-state index is -2.56. The zero-order chi connectivity index (χ0) is 71.5. The molecule has 1 fully saturated rings. The van der Waals surface area contributed by atoms with Crippen molar-refractivity contribution in [3.05, 3.63) is 71.8 Å². The normalized spacial score (nSPS) is 17.4. The minimum Gasteiger partial charge on any atom is -0.480 e. The number of aliphatic carboxylic acids is 1. The van der Waals surface area contributed by atoms with E-state index in [0.29, 0.717) is 29.8 Å². The van der Waals surface area contributed by atoms with E-state index in [-0.39, 0.29) is 66.0 Å². The number of likely N-dealkylation sites (tertiary alicyclic amines) is 1. The van der Waals surface area contributed by atoms with Crippen molar-refractivity contribution in [2.75, 3.05) is 40.9 Å². The molecule has 2 aromatic carbocycles. The first-order chi connectivity index (χ1) is 43.5. The fourth-order valence-electron chi connectivity index (χ4n) is 10.3. The maximum absolute atomic E-state index is 15.2. The molecule has 22 nitrogen and oxygen atoms in total. The van der Waals surface area contributed by atoms with Crippen LogP contribution in [-0.2, 0) is 64.8 Å². The van der Waals surface area contributed by atoms with Gasteiger partial charge in [0.2, 0.25) is 29.5 Å². The Labute approximate surface area is 572 Å². The molecule has 0 bridgehead atoms. The SMILES string of the molecule is CC[C@@H](NC(=O)[C@H](CO[Si](C)(C)C(C)(C)C)NC(=S)[C@@H](Cc1ccccc1)NC)C(=S)N[C@@H](CO[Si](C)(C)C(C)(C)C)C(=O)N(C)[C@H](CC(C)C)C(=O)N[C@@H](C(=O)N[C@H](C)[C@@H](C)C(=O)O[C@@H](Cc1ccccc1)C(=O)N(C)[C@H](C(=O)N1CCC[C@H]1C(=O)O)C(C)C)[C@@H](C)O. The van der Waals surface area contributed by atoms with Crippen LogP contribution in [0.3, 0.4) is 0 Å². The number of thiocarbonyl (C=S) groups is 2. The molecule has 1 aliphatic rings. The number of rotatable bonds is 35. The molecule has 528 valence electrons. The molecule has 12 atom stereocenters. The Morgan fingerprint density at radius 2 is 1.16 bits per heavy atom. The van der Waals surface area contributed by atoms with Crippen molar-refractivity contribution in [2.45, 2.75) is 238 Å². The number of aliphatic hydroxyl groups excluding tert-OH is 1. The zero-order valence-electron chi connectivity index (χ0n) is 59.8. The molecule has 2 aromatic rings. The summed E-state index contributed by atoms with van der Waals surface area (Å²) in [5, 5.41) is 39.0. The first-order valence-electron chi connectivity index (χ1n) is 33.0. The molecule has 94 heavy (non-hydrogen) atoms. The number of hydrogen-bond donors (Lipinski definition) is 8. The predicted octanol–water partition coefficient (Wildman–Crippen LogP) is 6.92. The van der Waals surface area contributed by atoms with E-state index in [1.807, 2.05) is 71.2 Å². The highest BCUT2D eigenvalue weighted by Crippen LogP contribution is 2.38. The van der Waals surface area contributed by atoms with Crippen LogP contribution in [0.25, 0.3) is 0 Å². The minimum absolute atomic E-state index is 0.0139. The van der Waals surface area contributed by atoms with Crippen LogP contribution in [0.15, 0.2) is 60.7 Å². The van der Waals surface area contributed by atoms with Crippen LogP contribution in [-0.4, -0.2) is 206 Å². The van der Waals surface area contributed by atoms with Gasteiger partial charge in [-0.05, 0) is 119 Å². The van der Waals surface area contributed by atoms with Gasteiger partial charge in [0, 0.05) is 33.1 Å². The van der Waals surface area contributed by atoms with E-state index in [2.05, 4.69) is 86.5 Å². The number of ether oxygens (including phenoxy) is 1. The molecule has 0 unspecified atom stereocenters. The summed E-state index contributed by atoms with van der Waals surface area (Å²) in [7, 11) is -0.238. The largest absolute Gasteiger partial charge is 0.480 e. The fourth-order valence-corrected chi connectivity index (χ4v) is 13.0. The second-order valence-electron chi connectivity index (χ2n) is 29.0. The van der Waals surface area contributed by atoms with E-state index < -0.39 is 136 Å². The quantitative estimate of drug-likeness (QED) is 0.0197. The summed E-state index contributed by atoms with van der Waals surface area (Å²) in [6.45, 7) is 34.3. The standard InChI is InChI=1S/C68H113N9O13S2Si2/c1-22-48(71-57(79)50(39-88-93(18,19)67(9,10)11)72-61(92)49(69-15)37-46-30-25-23-26-31-46)60(91)73-51(40-89-94(20,21)68(12,13)14)62(82)75(16)53(36-41(2)3)58(80)74-55(45(8)78)59(81)70-44(7)43(6)66(87)90-54(38-47-32-27-24-28-33-47)63(83)76(17)56(42(4)5)64(84)77-35-29-34-52(77)65(85)86/h23-28,30-33,41-45,48-56,69,78H,22,29,34-40H2,1-21H3,(H,70,81)(H,71,79)(H,72,92)(H,73,91)(H,74,80)(H,85,86)/t43-,44-,45-,48-,49-,50+,51+,52+,53-,54+,55-,56+/m1/s1. The van der Waals surface area contributed by atoms with Crippen molar-refractivity contribution in [1.29, 1.82) is 0 Å². The average molecular weight is 1390 g/mol. The van der Waals surface area contributed by atoms with Crippen LogP contribution in [0.5, 0.6) is 0 Å². The molecule has 8 N–H and O–H groups in total. The number of likely N-dealkylation sites (N-methyl/N-ethyl adjacent to an activating group) is 3. The lowest BCUT2D eigenvalue weighted by molar-refractivity contribution is -0.166. The average Bonchev–Trinajstić information content (AvgIpc) is 1.34. The molecular formula is C68H113N9O13S2Si2. The molecule has 1 aliphatic heterocycles. The molecule has 1 saturated heterocycles. The van der Waals surface area contributed by atoms with E-state index in [0.717, 1.165) is 5.56 Å². The number of esters is 1. The van der Waals surface area contributed by atoms with Crippen molar-refractivity contribution in [3.63, 3.8) is 0 Å². The smallest absolute Gasteiger partial charge is 0.326 e. The van der Waals surface area contributed by atoms with Crippen molar-refractivity contribution < 1.29 is 62.2 Å². The maximum atomic E-state index is 15.2. The second-order valence-corrected chi connectivity index (χ2v) is 39.5. The summed E-state index contributed by atoms with van der Waals surface area (Å²) in [5.74, 6) is -7.60. The topological polar surface area (TPSA) is 287 Å². The number of carbonyl (C=O) groups is 8. The molecule has 0 aromatic heterocycles. The van der Waals surface area contributed by atoms with Crippen LogP contribution in [0.2, 0.25) is 36.3 Å². The van der Waals surface area contributed by atoms with Crippen LogP contribution >= 0.6 is 24.4 Å². The number of nitrogens with one attached hydrogen (secondary N) is 6. The highest BCUT2D eigenvalue weighted by Gasteiger charge is 2.45. The van der Waals surface area contributed by atoms with Crippen molar-refractivity contribution >= 4 is 98.4 Å². The lowest BCUT2D eigenvalue weighted by Gasteiger charge is -2.39. The Kier molecular flexibility index (Phi) is 32.1. The van der Waals surface area contributed by atoms with Gasteiger partial charge in [-0.2, -0.15) is 0 Å². The second kappa shape index (κ2) is 36.6. The Morgan fingerprint density at radius 1 is 0.660 bits per heavy atom. The molecule has 0 spiro atoms. The third kappa shape index (κ3) is 23.8. The van der Waals surface area contributed by atoms with E-state index in [1.54, 1.807) is 44.2 Å². The van der Waals surface area contributed by atoms with Crippen molar-refractivity contribution in [2.24, 2.45) is 17.8 Å². The maximum Gasteiger partial charge on any atom is 0.326 e. The molecule has 1 heterocycles. The number of nitrogens with zero attached hydrogens (tertiary/aromatic N) is 3. The Morgan fingerprint density at radius 3 is 1.63 bits per heavy atom. The summed E-state index contributed by atoms with van der Waals surface area (Å²) in [5.41, 5.74) is 1.70. The van der Waals surface area contributed by atoms with Gasteiger partial charge < -0.3 is 70.4 Å². The van der Waals surface area contributed by atoms with Gasteiger partial charge in [-0.25, -0.2) is 4.79 Å². The fraction of sp³-hybridized carbons (Fsp3) is 0.676. The third-order valence-electron chi connectivity index (χ3n) is 18.7. The van der Waals surface area contributed by atoms with Gasteiger partial charge in [-0.3, -0.25) is 33.6 Å². The van der Waals surface area contributed by atoms with Gasteiger partial charge >= 0.3 is 11.9 Å². The van der Waals surface area contributed by atoms with Crippen LogP contribution < -0.4 is 31.9 Å². The van der Waals surface area contributed by atoms with Crippen LogP contribution in [0.4, 0.5) is 0 Å². The summed E-state index contributed by atoms with van der Waals surface area (Å²) >= 11 is 12.0. The Balaban J connectivity index is 1.92. The first kappa shape index (κ1) is 82.5. The summed E-state index contributed by atoms with van der Waals surface area (Å²) in [6, 6.07) is 9.55. The molecular weight excluding hydrogens is 1270 g/mol.